The van der Waals surface area contributed by atoms with Gasteiger partial charge in [-0.2, -0.15) is 0 Å². The third-order valence-electron chi connectivity index (χ3n) is 1.78. The van der Waals surface area contributed by atoms with E-state index in [1.807, 2.05) is 0 Å². The van der Waals surface area contributed by atoms with Crippen molar-refractivity contribution in [3.05, 3.63) is 17.5 Å². The highest BCUT2D eigenvalue weighted by atomic mass is 16.7. The van der Waals surface area contributed by atoms with Crippen molar-refractivity contribution in [2.24, 2.45) is 0 Å². The predicted molar refractivity (Wildman–Crippen MR) is 45.7 cm³/mol. The molecule has 0 unspecified atom stereocenters. The fourth-order valence-electron chi connectivity index (χ4n) is 1.16. The third-order valence-corrected chi connectivity index (χ3v) is 1.78. The largest absolute Gasteiger partial charge is 0.506 e. The summed E-state index contributed by atoms with van der Waals surface area (Å²) in [6.45, 7) is 0. The first-order valence-corrected chi connectivity index (χ1v) is 3.49. The molecule has 0 amide bonds. The number of hydrogen-bond acceptors (Lipinski definition) is 5. The second-order valence-electron chi connectivity index (χ2n) is 2.65. The molecular weight excluding hydrogens is 174 g/mol. The Kier molecular flexibility index (Phi) is 1.27. The van der Waals surface area contributed by atoms with Gasteiger partial charge in [0, 0.05) is 11.0 Å². The SMILES string of the molecule is Nc1c(O)cc(N)c2o[n+]([O-])cc12. The maximum absolute atomic E-state index is 10.8. The Morgan fingerprint density at radius 3 is 2.85 bits per heavy atom. The summed E-state index contributed by atoms with van der Waals surface area (Å²) in [5.74, 6) is -0.161. The number of phenols is 1. The summed E-state index contributed by atoms with van der Waals surface area (Å²) >= 11 is 0. The first-order chi connectivity index (χ1) is 6.09. The molecule has 1 aromatic carbocycles. The molecule has 6 heteroatoms. The van der Waals surface area contributed by atoms with Gasteiger partial charge in [-0.05, 0) is 0 Å². The number of nitrogens with zero attached hydrogens (tertiary/aromatic N) is 1. The van der Waals surface area contributed by atoms with Crippen LogP contribution in [0.1, 0.15) is 0 Å². The quantitative estimate of drug-likeness (QED) is 0.299. The summed E-state index contributed by atoms with van der Waals surface area (Å²) in [6, 6.07) is 1.24. The van der Waals surface area contributed by atoms with Crippen molar-refractivity contribution in [3.63, 3.8) is 0 Å². The van der Waals surface area contributed by atoms with Gasteiger partial charge in [-0.3, -0.25) is 5.21 Å². The van der Waals surface area contributed by atoms with Gasteiger partial charge >= 0.3 is 0 Å². The number of nitrogens with two attached hydrogens (primary N) is 2. The zero-order valence-electron chi connectivity index (χ0n) is 6.52. The Morgan fingerprint density at radius 1 is 1.46 bits per heavy atom. The molecule has 0 fully saturated rings. The molecule has 0 aliphatic carbocycles. The first kappa shape index (κ1) is 7.53. The van der Waals surface area contributed by atoms with Crippen molar-refractivity contribution < 1.29 is 14.5 Å². The molecule has 0 radical (unpaired) electrons. The fourth-order valence-corrected chi connectivity index (χ4v) is 1.16. The molecule has 5 N–H and O–H groups in total. The number of benzene rings is 1. The Morgan fingerprint density at radius 2 is 2.15 bits per heavy atom. The zero-order valence-corrected chi connectivity index (χ0v) is 6.52. The molecule has 1 heterocycles. The van der Waals surface area contributed by atoms with Gasteiger partial charge < -0.3 is 21.1 Å². The van der Waals surface area contributed by atoms with E-state index in [-0.39, 0.29) is 27.6 Å². The molecule has 6 nitrogen and oxygen atoms in total. The van der Waals surface area contributed by atoms with E-state index in [1.165, 1.54) is 6.07 Å². The molecule has 0 saturated heterocycles. The van der Waals surface area contributed by atoms with E-state index in [4.69, 9.17) is 11.5 Å². The monoisotopic (exact) mass is 181 g/mol. The summed E-state index contributed by atoms with van der Waals surface area (Å²) in [7, 11) is 0. The number of hydrogen-bond donors (Lipinski definition) is 3. The zero-order chi connectivity index (χ0) is 9.59. The highest BCUT2D eigenvalue weighted by molar-refractivity contribution is 5.98. The Balaban J connectivity index is 2.95. The molecule has 0 atom stereocenters. The van der Waals surface area contributed by atoms with Crippen molar-refractivity contribution in [1.29, 1.82) is 0 Å². The van der Waals surface area contributed by atoms with Gasteiger partial charge in [0.2, 0.25) is 6.20 Å². The van der Waals surface area contributed by atoms with Crippen LogP contribution in [0.4, 0.5) is 11.4 Å². The molecule has 0 aliphatic heterocycles. The minimum atomic E-state index is -0.161. The lowest BCUT2D eigenvalue weighted by Gasteiger charge is -2.00. The third kappa shape index (κ3) is 0.919. The second kappa shape index (κ2) is 2.19. The highest BCUT2D eigenvalue weighted by Gasteiger charge is 2.12. The van der Waals surface area contributed by atoms with Gasteiger partial charge in [-0.25, -0.2) is 0 Å². The fraction of sp³-hybridized carbons (Fsp3) is 0. The van der Waals surface area contributed by atoms with E-state index in [9.17, 15) is 10.3 Å². The summed E-state index contributed by atoms with van der Waals surface area (Å²) in [5.41, 5.74) is 11.4. The number of fused-ring (bicyclic) bond motifs is 1. The lowest BCUT2D eigenvalue weighted by atomic mass is 10.2. The van der Waals surface area contributed by atoms with E-state index in [1.54, 1.807) is 0 Å². The molecule has 0 bridgehead atoms. The number of nitrogen functional groups attached to an aromatic ring is 2. The molecular formula is C7H7N3O3. The first-order valence-electron chi connectivity index (χ1n) is 3.49. The van der Waals surface area contributed by atoms with Crippen molar-refractivity contribution in [1.82, 2.24) is 0 Å². The summed E-state index contributed by atoms with van der Waals surface area (Å²) in [6.07, 6.45) is 1.11. The Bertz CT molecular complexity index is 477. The van der Waals surface area contributed by atoms with Crippen LogP contribution in [0, 0.1) is 5.21 Å². The molecule has 13 heavy (non-hydrogen) atoms. The smallest absolute Gasteiger partial charge is 0.244 e. The molecule has 2 aromatic rings. The van der Waals surface area contributed by atoms with Crippen LogP contribution in [0.2, 0.25) is 0 Å². The lowest BCUT2D eigenvalue weighted by Crippen LogP contribution is -2.20. The van der Waals surface area contributed by atoms with E-state index in [0.717, 1.165) is 6.20 Å². The standard InChI is InChI=1S/C7H7N3O3/c8-4-1-5(11)6(9)3-2-10(12)13-7(3)4/h1-2,11H,8-9H2. The number of phenolic OH excluding ortho intramolecular Hbond substituents is 1. The predicted octanol–water partition coefficient (Wildman–Crippen LogP) is -0.0638. The topological polar surface area (TPSA) is 112 Å². The van der Waals surface area contributed by atoms with Crippen LogP contribution in [0.3, 0.4) is 0 Å². The van der Waals surface area contributed by atoms with Crippen molar-refractivity contribution >= 4 is 22.3 Å². The van der Waals surface area contributed by atoms with Crippen LogP contribution < -0.4 is 16.4 Å². The van der Waals surface area contributed by atoms with E-state index >= 15 is 0 Å². The van der Waals surface area contributed by atoms with E-state index in [0.29, 0.717) is 5.39 Å². The van der Waals surface area contributed by atoms with E-state index < -0.39 is 0 Å². The Labute approximate surface area is 72.5 Å². The van der Waals surface area contributed by atoms with Crippen LogP contribution in [-0.4, -0.2) is 5.11 Å². The molecule has 68 valence electrons. The van der Waals surface area contributed by atoms with Crippen molar-refractivity contribution in [3.8, 4) is 5.75 Å². The number of anilines is 2. The van der Waals surface area contributed by atoms with Crippen LogP contribution in [0.25, 0.3) is 11.0 Å². The van der Waals surface area contributed by atoms with Crippen molar-refractivity contribution in [2.45, 2.75) is 0 Å². The average Bonchev–Trinajstić information content (AvgIpc) is 2.44. The van der Waals surface area contributed by atoms with Gasteiger partial charge in [0.25, 0.3) is 0 Å². The van der Waals surface area contributed by atoms with E-state index in [2.05, 4.69) is 4.52 Å². The van der Waals surface area contributed by atoms with Crippen LogP contribution in [0.15, 0.2) is 16.8 Å². The number of aromatic hydroxyl groups is 1. The molecule has 0 spiro atoms. The van der Waals surface area contributed by atoms with Crippen LogP contribution in [-0.2, 0) is 0 Å². The molecule has 0 aliphatic rings. The average molecular weight is 181 g/mol. The van der Waals surface area contributed by atoms with Crippen LogP contribution >= 0.6 is 0 Å². The van der Waals surface area contributed by atoms with Gasteiger partial charge in [-0.1, -0.05) is 0 Å². The van der Waals surface area contributed by atoms with Gasteiger partial charge in [0.15, 0.2) is 0 Å². The summed E-state index contributed by atoms with van der Waals surface area (Å²) in [5, 5.41) is 20.3. The van der Waals surface area contributed by atoms with Gasteiger partial charge in [-0.15, -0.1) is 0 Å². The highest BCUT2D eigenvalue weighted by Crippen LogP contribution is 2.33. The minimum absolute atomic E-state index is 0.0857. The maximum Gasteiger partial charge on any atom is 0.244 e. The Hall–Kier alpha value is -2.11. The van der Waals surface area contributed by atoms with Crippen molar-refractivity contribution in [2.75, 3.05) is 11.5 Å². The second-order valence-corrected chi connectivity index (χ2v) is 2.65. The van der Waals surface area contributed by atoms with Gasteiger partial charge in [0.1, 0.15) is 11.3 Å². The summed E-state index contributed by atoms with van der Waals surface area (Å²) in [4.78, 5) is 0.233. The lowest BCUT2D eigenvalue weighted by molar-refractivity contribution is -0.788. The van der Waals surface area contributed by atoms with Crippen LogP contribution in [0.5, 0.6) is 5.75 Å². The minimum Gasteiger partial charge on any atom is -0.506 e. The normalized spacial score (nSPS) is 10.8. The maximum atomic E-state index is 10.8. The molecule has 0 saturated carbocycles. The van der Waals surface area contributed by atoms with Gasteiger partial charge in [0.05, 0.1) is 16.8 Å². The number of aromatic nitrogens is 1. The number of rotatable bonds is 0. The summed E-state index contributed by atoms with van der Waals surface area (Å²) < 4.78 is 4.68. The molecule has 1 aromatic heterocycles. The molecule has 2 rings (SSSR count).